The minimum Gasteiger partial charge on any atom is -0.402 e. The molecule has 0 spiro atoms. The van der Waals surface area contributed by atoms with Gasteiger partial charge in [-0.2, -0.15) is 9.90 Å². The molecule has 0 aromatic heterocycles. The Morgan fingerprint density at radius 1 is 1.31 bits per heavy atom. The monoisotopic (exact) mass is 189 g/mol. The Balaban J connectivity index is 3.59. The summed E-state index contributed by atoms with van der Waals surface area (Å²) in [5.41, 5.74) is 0. The molecular weight excluding hydrogens is 172 g/mol. The standard InChI is InChI=1S/C9H17O4/c1-3-5-7-12-8(6-4-2)13-9(10)11/h8H,3-7H2,1-2H3. The summed E-state index contributed by atoms with van der Waals surface area (Å²) in [7, 11) is 0. The first kappa shape index (κ1) is 12.2. The van der Waals surface area contributed by atoms with Gasteiger partial charge >= 0.3 is 6.16 Å². The summed E-state index contributed by atoms with van der Waals surface area (Å²) < 4.78 is 9.61. The van der Waals surface area contributed by atoms with Crippen LogP contribution in [0.3, 0.4) is 0 Å². The third-order valence-electron chi connectivity index (χ3n) is 1.55. The van der Waals surface area contributed by atoms with Crippen molar-refractivity contribution in [2.24, 2.45) is 0 Å². The minimum atomic E-state index is -1.52. The largest absolute Gasteiger partial charge is 0.552 e. The van der Waals surface area contributed by atoms with E-state index in [-0.39, 0.29) is 0 Å². The van der Waals surface area contributed by atoms with Gasteiger partial charge < -0.3 is 9.47 Å². The summed E-state index contributed by atoms with van der Waals surface area (Å²) in [4.78, 5) is 10.1. The SMILES string of the molecule is CCCCOC(CCC)OC([O])=O. The van der Waals surface area contributed by atoms with E-state index < -0.39 is 12.4 Å². The second-order valence-corrected chi connectivity index (χ2v) is 2.81. The lowest BCUT2D eigenvalue weighted by Crippen LogP contribution is -2.20. The van der Waals surface area contributed by atoms with E-state index in [1.165, 1.54) is 0 Å². The van der Waals surface area contributed by atoms with E-state index in [0.29, 0.717) is 13.0 Å². The fourth-order valence-electron chi connectivity index (χ4n) is 0.878. The average Bonchev–Trinajstić information content (AvgIpc) is 2.04. The predicted molar refractivity (Wildman–Crippen MR) is 46.7 cm³/mol. The van der Waals surface area contributed by atoms with Crippen LogP contribution in [-0.4, -0.2) is 19.1 Å². The smallest absolute Gasteiger partial charge is 0.402 e. The van der Waals surface area contributed by atoms with Crippen molar-refractivity contribution in [3.05, 3.63) is 0 Å². The van der Waals surface area contributed by atoms with Crippen molar-refractivity contribution >= 4 is 6.16 Å². The van der Waals surface area contributed by atoms with Crippen LogP contribution in [0.1, 0.15) is 39.5 Å². The van der Waals surface area contributed by atoms with Gasteiger partial charge in [0.1, 0.15) is 0 Å². The lowest BCUT2D eigenvalue weighted by atomic mass is 10.3. The molecule has 13 heavy (non-hydrogen) atoms. The van der Waals surface area contributed by atoms with E-state index >= 15 is 0 Å². The highest BCUT2D eigenvalue weighted by atomic mass is 16.8. The van der Waals surface area contributed by atoms with Gasteiger partial charge in [0.2, 0.25) is 6.29 Å². The maximum atomic E-state index is 10.1. The molecule has 0 saturated carbocycles. The zero-order valence-electron chi connectivity index (χ0n) is 8.25. The van der Waals surface area contributed by atoms with Crippen molar-refractivity contribution < 1.29 is 19.4 Å². The van der Waals surface area contributed by atoms with Crippen molar-refractivity contribution in [2.45, 2.75) is 45.8 Å². The van der Waals surface area contributed by atoms with Gasteiger partial charge in [0.25, 0.3) is 0 Å². The van der Waals surface area contributed by atoms with Crippen LogP contribution in [0.25, 0.3) is 0 Å². The van der Waals surface area contributed by atoms with Crippen LogP contribution in [0.2, 0.25) is 0 Å². The minimum absolute atomic E-state index is 0.536. The van der Waals surface area contributed by atoms with Crippen LogP contribution in [0, 0.1) is 0 Å². The van der Waals surface area contributed by atoms with Crippen LogP contribution in [0.5, 0.6) is 0 Å². The maximum Gasteiger partial charge on any atom is 0.552 e. The topological polar surface area (TPSA) is 55.4 Å². The number of carbonyl (C=O) groups is 1. The zero-order valence-corrected chi connectivity index (χ0v) is 8.25. The van der Waals surface area contributed by atoms with Gasteiger partial charge in [-0.15, -0.1) is 0 Å². The number of rotatable bonds is 7. The lowest BCUT2D eigenvalue weighted by molar-refractivity contribution is -0.125. The summed E-state index contributed by atoms with van der Waals surface area (Å²) >= 11 is 0. The van der Waals surface area contributed by atoms with Gasteiger partial charge in [-0.25, -0.2) is 0 Å². The van der Waals surface area contributed by atoms with Gasteiger partial charge in [-0.3, -0.25) is 0 Å². The van der Waals surface area contributed by atoms with E-state index in [0.717, 1.165) is 19.3 Å². The van der Waals surface area contributed by atoms with Crippen molar-refractivity contribution in [3.8, 4) is 0 Å². The molecule has 0 N–H and O–H groups in total. The van der Waals surface area contributed by atoms with E-state index in [1.807, 2.05) is 13.8 Å². The summed E-state index contributed by atoms with van der Waals surface area (Å²) in [5.74, 6) is 0. The summed E-state index contributed by atoms with van der Waals surface area (Å²) in [6.07, 6.45) is 1.17. The van der Waals surface area contributed by atoms with E-state index in [1.54, 1.807) is 0 Å². The second-order valence-electron chi connectivity index (χ2n) is 2.81. The molecule has 4 heteroatoms. The van der Waals surface area contributed by atoms with Crippen LogP contribution >= 0.6 is 0 Å². The van der Waals surface area contributed by atoms with Crippen LogP contribution in [0.15, 0.2) is 0 Å². The van der Waals surface area contributed by atoms with Gasteiger partial charge in [0.15, 0.2) is 0 Å². The van der Waals surface area contributed by atoms with Gasteiger partial charge in [0, 0.05) is 6.42 Å². The molecule has 0 fully saturated rings. The third-order valence-corrected chi connectivity index (χ3v) is 1.55. The summed E-state index contributed by atoms with van der Waals surface area (Å²) in [6, 6.07) is 0. The summed E-state index contributed by atoms with van der Waals surface area (Å²) in [6.45, 7) is 4.51. The van der Waals surface area contributed by atoms with Crippen LogP contribution in [0.4, 0.5) is 4.79 Å². The number of hydrogen-bond donors (Lipinski definition) is 0. The molecule has 0 heterocycles. The molecule has 0 aromatic carbocycles. The van der Waals surface area contributed by atoms with Crippen LogP contribution in [-0.2, 0) is 14.6 Å². The molecule has 0 rings (SSSR count). The first-order valence-electron chi connectivity index (χ1n) is 4.69. The Kier molecular flexibility index (Phi) is 7.39. The molecular formula is C9H17O4. The van der Waals surface area contributed by atoms with Crippen LogP contribution < -0.4 is 0 Å². The van der Waals surface area contributed by atoms with Crippen molar-refractivity contribution in [1.82, 2.24) is 0 Å². The van der Waals surface area contributed by atoms with E-state index in [9.17, 15) is 9.90 Å². The first-order chi connectivity index (χ1) is 6.20. The van der Waals surface area contributed by atoms with E-state index in [4.69, 9.17) is 4.74 Å². The molecule has 0 aliphatic heterocycles. The predicted octanol–water partition coefficient (Wildman–Crippen LogP) is 2.50. The molecule has 0 aromatic rings. The quantitative estimate of drug-likeness (QED) is 0.351. The zero-order chi connectivity index (χ0) is 10.1. The molecule has 0 aliphatic rings. The number of carbonyl (C=O) groups excluding carboxylic acids is 1. The number of hydrogen-bond acceptors (Lipinski definition) is 3. The van der Waals surface area contributed by atoms with Gasteiger partial charge in [-0.1, -0.05) is 26.7 Å². The fraction of sp³-hybridized carbons (Fsp3) is 0.889. The van der Waals surface area contributed by atoms with Crippen molar-refractivity contribution in [2.75, 3.05) is 6.61 Å². The van der Waals surface area contributed by atoms with E-state index in [2.05, 4.69) is 4.74 Å². The van der Waals surface area contributed by atoms with Crippen molar-refractivity contribution in [1.29, 1.82) is 0 Å². The third kappa shape index (κ3) is 7.59. The highest BCUT2D eigenvalue weighted by Crippen LogP contribution is 2.05. The fourth-order valence-corrected chi connectivity index (χ4v) is 0.878. The Bertz CT molecular complexity index is 136. The molecule has 0 bridgehead atoms. The maximum absolute atomic E-state index is 10.1. The normalized spacial score (nSPS) is 12.5. The average molecular weight is 189 g/mol. The molecule has 4 nitrogen and oxygen atoms in total. The molecule has 1 radical (unpaired) electrons. The Morgan fingerprint density at radius 2 is 2.00 bits per heavy atom. The van der Waals surface area contributed by atoms with Gasteiger partial charge in [0.05, 0.1) is 6.61 Å². The Hall–Kier alpha value is -0.770. The molecule has 0 aliphatic carbocycles. The van der Waals surface area contributed by atoms with Crippen molar-refractivity contribution in [3.63, 3.8) is 0 Å². The molecule has 0 saturated heterocycles. The van der Waals surface area contributed by atoms with Gasteiger partial charge in [-0.05, 0) is 6.42 Å². The number of unbranched alkanes of at least 4 members (excludes halogenated alkanes) is 1. The molecule has 77 valence electrons. The summed E-state index contributed by atoms with van der Waals surface area (Å²) in [5, 5.41) is 10.1. The second kappa shape index (κ2) is 7.86. The Morgan fingerprint density at radius 3 is 2.46 bits per heavy atom. The lowest BCUT2D eigenvalue weighted by Gasteiger charge is -2.14. The molecule has 1 atom stereocenters. The first-order valence-corrected chi connectivity index (χ1v) is 4.69. The molecule has 0 amide bonds. The number of ether oxygens (including phenoxy) is 2. The highest BCUT2D eigenvalue weighted by molar-refractivity contribution is 5.56. The Labute approximate surface area is 78.8 Å². The highest BCUT2D eigenvalue weighted by Gasteiger charge is 2.13. The molecule has 1 unspecified atom stereocenters.